The van der Waals surface area contributed by atoms with Crippen LogP contribution in [0.4, 0.5) is 0 Å². The number of pyridine rings is 1. The summed E-state index contributed by atoms with van der Waals surface area (Å²) >= 11 is 0. The standard InChI is InChI=1S/C20H17N3O3/c1-12-8-9-13-11-15(19(25-3)21-16(13)10-12)18-22-20(26-23-18)14-6-4-5-7-17(14)24-2/h4-11H,1-3H3. The van der Waals surface area contributed by atoms with E-state index in [1.807, 2.05) is 55.5 Å². The van der Waals surface area contributed by atoms with Crippen LogP contribution in [0, 0.1) is 6.92 Å². The van der Waals surface area contributed by atoms with Gasteiger partial charge < -0.3 is 14.0 Å². The first kappa shape index (κ1) is 16.1. The summed E-state index contributed by atoms with van der Waals surface area (Å²) in [6.45, 7) is 2.03. The number of hydrogen-bond donors (Lipinski definition) is 0. The van der Waals surface area contributed by atoms with Crippen LogP contribution < -0.4 is 9.47 Å². The van der Waals surface area contributed by atoms with Gasteiger partial charge in [-0.15, -0.1) is 0 Å². The predicted molar refractivity (Wildman–Crippen MR) is 98.3 cm³/mol. The molecule has 6 heteroatoms. The second kappa shape index (κ2) is 6.48. The van der Waals surface area contributed by atoms with E-state index in [-0.39, 0.29) is 0 Å². The molecule has 0 aliphatic rings. The molecule has 0 N–H and O–H groups in total. The Labute approximate surface area is 150 Å². The van der Waals surface area contributed by atoms with Gasteiger partial charge in [0, 0.05) is 5.39 Å². The third-order valence-electron chi connectivity index (χ3n) is 4.14. The van der Waals surface area contributed by atoms with Crippen molar-refractivity contribution >= 4 is 10.9 Å². The summed E-state index contributed by atoms with van der Waals surface area (Å²) in [6, 6.07) is 15.5. The number of nitrogens with zero attached hydrogens (tertiary/aromatic N) is 3. The van der Waals surface area contributed by atoms with Crippen molar-refractivity contribution in [1.82, 2.24) is 15.1 Å². The molecular formula is C20H17N3O3. The Balaban J connectivity index is 1.83. The summed E-state index contributed by atoms with van der Waals surface area (Å²) in [5.41, 5.74) is 3.41. The highest BCUT2D eigenvalue weighted by Gasteiger charge is 2.18. The molecule has 0 unspecified atom stereocenters. The van der Waals surface area contributed by atoms with Crippen LogP contribution in [0.2, 0.25) is 0 Å². The van der Waals surface area contributed by atoms with Crippen molar-refractivity contribution in [2.75, 3.05) is 14.2 Å². The molecule has 0 bridgehead atoms. The number of rotatable bonds is 4. The lowest BCUT2D eigenvalue weighted by atomic mass is 10.1. The molecular weight excluding hydrogens is 330 g/mol. The van der Waals surface area contributed by atoms with Crippen molar-refractivity contribution in [3.8, 4) is 34.5 Å². The zero-order valence-corrected chi connectivity index (χ0v) is 14.7. The van der Waals surface area contributed by atoms with Gasteiger partial charge in [0.15, 0.2) is 0 Å². The molecule has 0 radical (unpaired) electrons. The molecule has 0 spiro atoms. The molecule has 2 heterocycles. The first-order chi connectivity index (χ1) is 12.7. The Kier molecular flexibility index (Phi) is 4.01. The normalized spacial score (nSPS) is 10.9. The summed E-state index contributed by atoms with van der Waals surface area (Å²) in [5, 5.41) is 5.09. The zero-order valence-electron chi connectivity index (χ0n) is 14.7. The van der Waals surface area contributed by atoms with Gasteiger partial charge >= 0.3 is 0 Å². The van der Waals surface area contributed by atoms with Gasteiger partial charge in [0.2, 0.25) is 11.7 Å². The van der Waals surface area contributed by atoms with E-state index < -0.39 is 0 Å². The van der Waals surface area contributed by atoms with Crippen molar-refractivity contribution in [3.63, 3.8) is 0 Å². The smallest absolute Gasteiger partial charge is 0.262 e. The van der Waals surface area contributed by atoms with Gasteiger partial charge in [-0.1, -0.05) is 29.4 Å². The van der Waals surface area contributed by atoms with Crippen LogP contribution in [-0.2, 0) is 0 Å². The average molecular weight is 347 g/mol. The van der Waals surface area contributed by atoms with E-state index in [4.69, 9.17) is 14.0 Å². The van der Waals surface area contributed by atoms with Gasteiger partial charge in [0.05, 0.1) is 30.9 Å². The number of benzene rings is 2. The fourth-order valence-corrected chi connectivity index (χ4v) is 2.84. The molecule has 6 nitrogen and oxygen atoms in total. The van der Waals surface area contributed by atoms with Crippen molar-refractivity contribution in [2.45, 2.75) is 6.92 Å². The van der Waals surface area contributed by atoms with Gasteiger partial charge in [0.25, 0.3) is 5.89 Å². The SMILES string of the molecule is COc1ccccc1-c1nc(-c2cc3ccc(C)cc3nc2OC)no1. The Bertz CT molecular complexity index is 1090. The average Bonchev–Trinajstić information content (AvgIpc) is 3.16. The fraction of sp³-hybridized carbons (Fsp3) is 0.150. The van der Waals surface area contributed by atoms with Crippen LogP contribution in [-0.4, -0.2) is 29.3 Å². The summed E-state index contributed by atoms with van der Waals surface area (Å²) < 4.78 is 16.3. The first-order valence-electron chi connectivity index (χ1n) is 8.12. The van der Waals surface area contributed by atoms with Gasteiger partial charge in [-0.2, -0.15) is 4.98 Å². The quantitative estimate of drug-likeness (QED) is 0.549. The molecule has 0 saturated heterocycles. The number of hydrogen-bond acceptors (Lipinski definition) is 6. The highest BCUT2D eigenvalue weighted by molar-refractivity contribution is 5.85. The van der Waals surface area contributed by atoms with Crippen molar-refractivity contribution in [3.05, 3.63) is 54.1 Å². The molecule has 26 heavy (non-hydrogen) atoms. The maximum Gasteiger partial charge on any atom is 0.262 e. The van der Waals surface area contributed by atoms with E-state index in [2.05, 4.69) is 15.1 Å². The molecule has 130 valence electrons. The van der Waals surface area contributed by atoms with E-state index in [0.29, 0.717) is 28.9 Å². The number of fused-ring (bicyclic) bond motifs is 1. The lowest BCUT2D eigenvalue weighted by Gasteiger charge is -2.07. The molecule has 0 fully saturated rings. The maximum atomic E-state index is 5.45. The van der Waals surface area contributed by atoms with Gasteiger partial charge in [-0.25, -0.2) is 4.98 Å². The molecule has 0 aliphatic carbocycles. The number of aryl methyl sites for hydroxylation is 1. The van der Waals surface area contributed by atoms with E-state index >= 15 is 0 Å². The number of para-hydroxylation sites is 1. The molecule has 0 aliphatic heterocycles. The third kappa shape index (κ3) is 2.75. The minimum Gasteiger partial charge on any atom is -0.496 e. The summed E-state index contributed by atoms with van der Waals surface area (Å²) in [7, 11) is 3.18. The van der Waals surface area contributed by atoms with Crippen LogP contribution in [0.3, 0.4) is 0 Å². The predicted octanol–water partition coefficient (Wildman–Crippen LogP) is 4.28. The van der Waals surface area contributed by atoms with Crippen LogP contribution >= 0.6 is 0 Å². The summed E-state index contributed by atoms with van der Waals surface area (Å²) in [4.78, 5) is 9.09. The van der Waals surface area contributed by atoms with E-state index in [9.17, 15) is 0 Å². The lowest BCUT2D eigenvalue weighted by Crippen LogP contribution is -1.94. The molecule has 0 atom stereocenters. The van der Waals surface area contributed by atoms with Crippen LogP contribution in [0.1, 0.15) is 5.56 Å². The molecule has 2 aromatic carbocycles. The van der Waals surface area contributed by atoms with Gasteiger partial charge in [0.1, 0.15) is 5.75 Å². The Hall–Kier alpha value is -3.41. The minimum absolute atomic E-state index is 0.378. The topological polar surface area (TPSA) is 70.3 Å². The second-order valence-corrected chi connectivity index (χ2v) is 5.86. The van der Waals surface area contributed by atoms with Crippen molar-refractivity contribution in [1.29, 1.82) is 0 Å². The maximum absolute atomic E-state index is 5.45. The third-order valence-corrected chi connectivity index (χ3v) is 4.14. The monoisotopic (exact) mass is 347 g/mol. The molecule has 4 aromatic rings. The Morgan fingerprint density at radius 1 is 0.885 bits per heavy atom. The molecule has 0 saturated carbocycles. The van der Waals surface area contributed by atoms with E-state index in [1.54, 1.807) is 14.2 Å². The van der Waals surface area contributed by atoms with Gasteiger partial charge in [-0.05, 0) is 36.8 Å². The number of ether oxygens (including phenoxy) is 2. The minimum atomic E-state index is 0.378. The molecule has 0 amide bonds. The largest absolute Gasteiger partial charge is 0.496 e. The second-order valence-electron chi connectivity index (χ2n) is 5.86. The number of methoxy groups -OCH3 is 2. The highest BCUT2D eigenvalue weighted by atomic mass is 16.5. The van der Waals surface area contributed by atoms with Crippen LogP contribution in [0.5, 0.6) is 11.6 Å². The Morgan fingerprint density at radius 3 is 2.54 bits per heavy atom. The van der Waals surface area contributed by atoms with Crippen molar-refractivity contribution in [2.24, 2.45) is 0 Å². The molecule has 4 rings (SSSR count). The molecule has 2 aromatic heterocycles. The summed E-state index contributed by atoms with van der Waals surface area (Å²) in [6.07, 6.45) is 0. The van der Waals surface area contributed by atoms with Gasteiger partial charge in [-0.3, -0.25) is 0 Å². The Morgan fingerprint density at radius 2 is 1.73 bits per heavy atom. The zero-order chi connectivity index (χ0) is 18.1. The highest BCUT2D eigenvalue weighted by Crippen LogP contribution is 2.33. The first-order valence-corrected chi connectivity index (χ1v) is 8.12. The van der Waals surface area contributed by atoms with E-state index in [0.717, 1.165) is 22.0 Å². The summed E-state index contributed by atoms with van der Waals surface area (Å²) in [5.74, 6) is 1.92. The van der Waals surface area contributed by atoms with Crippen molar-refractivity contribution < 1.29 is 14.0 Å². The number of aromatic nitrogens is 3. The lowest BCUT2D eigenvalue weighted by molar-refractivity contribution is 0.398. The van der Waals surface area contributed by atoms with Crippen LogP contribution in [0.25, 0.3) is 33.7 Å². The van der Waals surface area contributed by atoms with E-state index in [1.165, 1.54) is 0 Å². The van der Waals surface area contributed by atoms with Crippen LogP contribution in [0.15, 0.2) is 53.1 Å². The fourth-order valence-electron chi connectivity index (χ4n) is 2.84.